The SMILES string of the molecule is COc1cc(Cl)cc(-c2cncc(-c3ccc(C(F)(F)F)cc3)c2N2CCC(N)CC2)c1. The van der Waals surface area contributed by atoms with Crippen LogP contribution in [0.25, 0.3) is 22.3 Å². The van der Waals surface area contributed by atoms with E-state index in [1.54, 1.807) is 25.6 Å². The van der Waals surface area contributed by atoms with E-state index in [4.69, 9.17) is 22.1 Å². The van der Waals surface area contributed by atoms with Gasteiger partial charge in [0.15, 0.2) is 0 Å². The lowest BCUT2D eigenvalue weighted by molar-refractivity contribution is -0.137. The van der Waals surface area contributed by atoms with Gasteiger partial charge in [0.1, 0.15) is 5.75 Å². The van der Waals surface area contributed by atoms with Crippen molar-refractivity contribution >= 4 is 17.3 Å². The molecule has 1 fully saturated rings. The molecule has 4 nitrogen and oxygen atoms in total. The fourth-order valence-electron chi connectivity index (χ4n) is 4.01. The van der Waals surface area contributed by atoms with Gasteiger partial charge in [0, 0.05) is 47.7 Å². The molecular formula is C24H23ClF3N3O. The van der Waals surface area contributed by atoms with Crippen LogP contribution in [0.1, 0.15) is 18.4 Å². The lowest BCUT2D eigenvalue weighted by atomic mass is 9.95. The van der Waals surface area contributed by atoms with E-state index in [9.17, 15) is 13.2 Å². The summed E-state index contributed by atoms with van der Waals surface area (Å²) in [6.45, 7) is 1.48. The van der Waals surface area contributed by atoms with Gasteiger partial charge in [-0.3, -0.25) is 4.98 Å². The Balaban J connectivity index is 1.87. The van der Waals surface area contributed by atoms with Gasteiger partial charge in [-0.05, 0) is 54.3 Å². The predicted molar refractivity (Wildman–Crippen MR) is 121 cm³/mol. The number of ether oxygens (including phenoxy) is 1. The molecule has 168 valence electrons. The van der Waals surface area contributed by atoms with Crippen LogP contribution < -0.4 is 15.4 Å². The number of anilines is 1. The minimum atomic E-state index is -4.39. The summed E-state index contributed by atoms with van der Waals surface area (Å²) >= 11 is 6.32. The van der Waals surface area contributed by atoms with Gasteiger partial charge in [-0.2, -0.15) is 13.2 Å². The first kappa shape index (κ1) is 22.4. The van der Waals surface area contributed by atoms with Crippen molar-refractivity contribution in [3.05, 3.63) is 65.4 Å². The van der Waals surface area contributed by atoms with Gasteiger partial charge < -0.3 is 15.4 Å². The molecule has 1 aliphatic heterocycles. The maximum absolute atomic E-state index is 13.1. The molecule has 32 heavy (non-hydrogen) atoms. The molecule has 8 heteroatoms. The smallest absolute Gasteiger partial charge is 0.416 e. The molecule has 1 saturated heterocycles. The molecule has 0 amide bonds. The summed E-state index contributed by atoms with van der Waals surface area (Å²) in [7, 11) is 1.57. The molecule has 1 aromatic heterocycles. The molecule has 2 N–H and O–H groups in total. The molecule has 0 aliphatic carbocycles. The Morgan fingerprint density at radius 1 is 1.00 bits per heavy atom. The number of halogens is 4. The molecule has 0 unspecified atom stereocenters. The third-order valence-corrected chi connectivity index (χ3v) is 5.93. The summed E-state index contributed by atoms with van der Waals surface area (Å²) in [5.41, 5.74) is 9.39. The fraction of sp³-hybridized carbons (Fsp3) is 0.292. The van der Waals surface area contributed by atoms with Crippen LogP contribution in [0, 0.1) is 0 Å². The number of nitrogens with two attached hydrogens (primary N) is 1. The first-order chi connectivity index (χ1) is 15.3. The zero-order valence-electron chi connectivity index (χ0n) is 17.5. The number of pyridine rings is 1. The van der Waals surface area contributed by atoms with E-state index in [1.165, 1.54) is 12.1 Å². The highest BCUT2D eigenvalue weighted by molar-refractivity contribution is 6.31. The summed E-state index contributed by atoms with van der Waals surface area (Å²) in [6, 6.07) is 10.7. The molecule has 0 spiro atoms. The Morgan fingerprint density at radius 2 is 1.62 bits per heavy atom. The summed E-state index contributed by atoms with van der Waals surface area (Å²) in [5.74, 6) is 0.610. The highest BCUT2D eigenvalue weighted by atomic mass is 35.5. The second kappa shape index (κ2) is 9.00. The van der Waals surface area contributed by atoms with Crippen LogP contribution >= 0.6 is 11.6 Å². The van der Waals surface area contributed by atoms with Gasteiger partial charge in [0.25, 0.3) is 0 Å². The number of benzene rings is 2. The highest BCUT2D eigenvalue weighted by Crippen LogP contribution is 2.42. The second-order valence-electron chi connectivity index (χ2n) is 7.86. The Kier molecular flexibility index (Phi) is 6.31. The van der Waals surface area contributed by atoms with Crippen LogP contribution in [-0.4, -0.2) is 31.2 Å². The fourth-order valence-corrected chi connectivity index (χ4v) is 4.24. The third kappa shape index (κ3) is 4.69. The highest BCUT2D eigenvalue weighted by Gasteiger charge is 2.30. The molecule has 4 rings (SSSR count). The minimum absolute atomic E-state index is 0.136. The number of methoxy groups -OCH3 is 1. The first-order valence-electron chi connectivity index (χ1n) is 10.3. The number of alkyl halides is 3. The summed E-state index contributed by atoms with van der Waals surface area (Å²) < 4.78 is 44.6. The summed E-state index contributed by atoms with van der Waals surface area (Å²) in [6.07, 6.45) is 0.711. The van der Waals surface area contributed by atoms with E-state index in [-0.39, 0.29) is 6.04 Å². The lowest BCUT2D eigenvalue weighted by Crippen LogP contribution is -2.40. The first-order valence-corrected chi connectivity index (χ1v) is 10.6. The second-order valence-corrected chi connectivity index (χ2v) is 8.30. The third-order valence-electron chi connectivity index (χ3n) is 5.71. The maximum atomic E-state index is 13.1. The van der Waals surface area contributed by atoms with Crippen LogP contribution in [0.3, 0.4) is 0 Å². The van der Waals surface area contributed by atoms with Crippen molar-refractivity contribution in [2.75, 3.05) is 25.1 Å². The monoisotopic (exact) mass is 461 g/mol. The van der Waals surface area contributed by atoms with E-state index >= 15 is 0 Å². The maximum Gasteiger partial charge on any atom is 0.416 e. The normalized spacial score (nSPS) is 15.1. The zero-order chi connectivity index (χ0) is 22.9. The Hall–Kier alpha value is -2.77. The number of piperidine rings is 1. The van der Waals surface area contributed by atoms with Gasteiger partial charge in [-0.15, -0.1) is 0 Å². The minimum Gasteiger partial charge on any atom is -0.497 e. The van der Waals surface area contributed by atoms with E-state index in [0.29, 0.717) is 16.3 Å². The van der Waals surface area contributed by atoms with Crippen LogP contribution in [0.4, 0.5) is 18.9 Å². The van der Waals surface area contributed by atoms with Crippen LogP contribution in [-0.2, 0) is 6.18 Å². The Labute approximate surface area is 189 Å². The number of aromatic nitrogens is 1. The van der Waals surface area contributed by atoms with Gasteiger partial charge in [-0.1, -0.05) is 23.7 Å². The van der Waals surface area contributed by atoms with E-state index in [1.807, 2.05) is 12.1 Å². The van der Waals surface area contributed by atoms with Crippen molar-refractivity contribution in [2.24, 2.45) is 5.73 Å². The molecule has 0 bridgehead atoms. The van der Waals surface area contributed by atoms with Crippen molar-refractivity contribution in [1.29, 1.82) is 0 Å². The average molecular weight is 462 g/mol. The molecule has 0 atom stereocenters. The molecule has 0 saturated carbocycles. The summed E-state index contributed by atoms with van der Waals surface area (Å²) in [5, 5.41) is 0.519. The number of rotatable bonds is 4. The zero-order valence-corrected chi connectivity index (χ0v) is 18.2. The lowest BCUT2D eigenvalue weighted by Gasteiger charge is -2.35. The van der Waals surface area contributed by atoms with Crippen molar-refractivity contribution in [1.82, 2.24) is 4.98 Å². The number of nitrogens with zero attached hydrogens (tertiary/aromatic N) is 2. The molecule has 2 heterocycles. The number of hydrogen-bond donors (Lipinski definition) is 1. The van der Waals surface area contributed by atoms with Gasteiger partial charge in [-0.25, -0.2) is 0 Å². The van der Waals surface area contributed by atoms with Gasteiger partial charge in [0.05, 0.1) is 18.4 Å². The van der Waals surface area contributed by atoms with Crippen molar-refractivity contribution in [3.63, 3.8) is 0 Å². The van der Waals surface area contributed by atoms with Gasteiger partial charge in [0.2, 0.25) is 0 Å². The van der Waals surface area contributed by atoms with Crippen LogP contribution in [0.5, 0.6) is 5.75 Å². The Morgan fingerprint density at radius 3 is 2.22 bits per heavy atom. The number of hydrogen-bond acceptors (Lipinski definition) is 4. The molecule has 3 aromatic rings. The van der Waals surface area contributed by atoms with Crippen molar-refractivity contribution in [2.45, 2.75) is 25.1 Å². The molecule has 1 aliphatic rings. The van der Waals surface area contributed by atoms with Crippen LogP contribution in [0.15, 0.2) is 54.9 Å². The molecular weight excluding hydrogens is 439 g/mol. The van der Waals surface area contributed by atoms with Crippen molar-refractivity contribution < 1.29 is 17.9 Å². The predicted octanol–water partition coefficient (Wildman–Crippen LogP) is 6.02. The standard InChI is InChI=1S/C24H23ClF3N3O/c1-32-20-11-16(10-18(25)12-20)22-14-30-13-21(23(22)31-8-6-19(29)7-9-31)15-2-4-17(5-3-15)24(26,27)28/h2-5,10-14,19H,6-9,29H2,1H3. The van der Waals surface area contributed by atoms with E-state index < -0.39 is 11.7 Å². The molecule has 2 aromatic carbocycles. The summed E-state index contributed by atoms with van der Waals surface area (Å²) in [4.78, 5) is 6.63. The Bertz CT molecular complexity index is 1090. The topological polar surface area (TPSA) is 51.4 Å². The van der Waals surface area contributed by atoms with Crippen LogP contribution in [0.2, 0.25) is 5.02 Å². The van der Waals surface area contributed by atoms with E-state index in [2.05, 4.69) is 9.88 Å². The average Bonchev–Trinajstić information content (AvgIpc) is 2.78. The van der Waals surface area contributed by atoms with Crippen molar-refractivity contribution in [3.8, 4) is 28.0 Å². The largest absolute Gasteiger partial charge is 0.497 e. The van der Waals surface area contributed by atoms with E-state index in [0.717, 1.165) is 60.4 Å². The molecule has 0 radical (unpaired) electrons. The quantitative estimate of drug-likeness (QED) is 0.516. The van der Waals surface area contributed by atoms with Gasteiger partial charge >= 0.3 is 6.18 Å².